The Morgan fingerprint density at radius 3 is 2.41 bits per heavy atom. The normalized spacial score (nSPS) is 14.8. The van der Waals surface area contributed by atoms with Gasteiger partial charge in [-0.2, -0.15) is 0 Å². The lowest BCUT2D eigenvalue weighted by Crippen LogP contribution is -2.49. The Labute approximate surface area is 172 Å². The molecule has 1 aromatic carbocycles. The van der Waals surface area contributed by atoms with Gasteiger partial charge in [0.25, 0.3) is 0 Å². The third-order valence-electron chi connectivity index (χ3n) is 4.87. The van der Waals surface area contributed by atoms with Crippen molar-refractivity contribution in [3.63, 3.8) is 0 Å². The van der Waals surface area contributed by atoms with Gasteiger partial charge in [0, 0.05) is 56.4 Å². The summed E-state index contributed by atoms with van der Waals surface area (Å²) in [7, 11) is 0. The Morgan fingerprint density at radius 2 is 1.79 bits per heavy atom. The van der Waals surface area contributed by atoms with Crippen LogP contribution < -0.4 is 4.90 Å². The van der Waals surface area contributed by atoms with Gasteiger partial charge in [0.15, 0.2) is 0 Å². The van der Waals surface area contributed by atoms with Crippen molar-refractivity contribution in [2.75, 3.05) is 37.7 Å². The highest BCUT2D eigenvalue weighted by Gasteiger charge is 2.25. The molecule has 3 rings (SSSR count). The Morgan fingerprint density at radius 1 is 1.10 bits per heavy atom. The van der Waals surface area contributed by atoms with E-state index in [1.54, 1.807) is 4.90 Å². The number of amides is 1. The number of ether oxygens (including phenoxy) is 1. The first kappa shape index (κ1) is 21.0. The number of hydrogen-bond acceptors (Lipinski definition) is 6. The number of rotatable bonds is 5. The van der Waals surface area contributed by atoms with E-state index in [0.717, 1.165) is 22.9 Å². The average Bonchev–Trinajstić information content (AvgIpc) is 2.72. The van der Waals surface area contributed by atoms with Crippen LogP contribution >= 0.6 is 0 Å². The number of nitrogens with zero attached hydrogens (tertiary/aromatic N) is 4. The van der Waals surface area contributed by atoms with Crippen LogP contribution in [-0.2, 0) is 23.2 Å². The van der Waals surface area contributed by atoms with E-state index >= 15 is 0 Å². The summed E-state index contributed by atoms with van der Waals surface area (Å²) in [6, 6.07) is 11.6. The van der Waals surface area contributed by atoms with E-state index in [4.69, 9.17) is 9.72 Å². The molecule has 1 aromatic heterocycles. The highest BCUT2D eigenvalue weighted by atomic mass is 16.6. The largest absolute Gasteiger partial charge is 0.445 e. The van der Waals surface area contributed by atoms with Crippen LogP contribution in [0.2, 0.25) is 0 Å². The first-order valence-electron chi connectivity index (χ1n) is 10.1. The van der Waals surface area contributed by atoms with E-state index < -0.39 is 0 Å². The van der Waals surface area contributed by atoms with Crippen LogP contribution in [0.25, 0.3) is 0 Å². The van der Waals surface area contributed by atoms with Gasteiger partial charge in [-0.3, -0.25) is 0 Å². The average molecular weight is 399 g/mol. The molecule has 0 unspecified atom stereocenters. The van der Waals surface area contributed by atoms with E-state index in [1.807, 2.05) is 36.4 Å². The molecule has 0 atom stereocenters. The van der Waals surface area contributed by atoms with E-state index in [2.05, 4.69) is 30.7 Å². The molecule has 7 nitrogen and oxygen atoms in total. The monoisotopic (exact) mass is 398 g/mol. The van der Waals surface area contributed by atoms with Crippen LogP contribution in [0.15, 0.2) is 36.4 Å². The predicted molar refractivity (Wildman–Crippen MR) is 112 cm³/mol. The maximum Gasteiger partial charge on any atom is 0.410 e. The number of carbonyl (C=O) groups is 1. The zero-order valence-corrected chi connectivity index (χ0v) is 17.5. The topological polar surface area (TPSA) is 78.8 Å². The van der Waals surface area contributed by atoms with Crippen molar-refractivity contribution in [2.45, 2.75) is 39.2 Å². The molecule has 1 saturated heterocycles. The maximum atomic E-state index is 12.4. The standard InChI is InChI=1S/C22H30N4O3/c1-22(2,3)20-23-18(9-14-27)15-19(24-20)25-10-12-26(13-11-25)21(28)29-16-17-7-5-4-6-8-17/h4-8,15,27H,9-14,16H2,1-3H3. The summed E-state index contributed by atoms with van der Waals surface area (Å²) >= 11 is 0. The van der Waals surface area contributed by atoms with Crippen LogP contribution in [0.4, 0.5) is 10.6 Å². The van der Waals surface area contributed by atoms with Gasteiger partial charge in [-0.1, -0.05) is 51.1 Å². The smallest absolute Gasteiger partial charge is 0.410 e. The van der Waals surface area contributed by atoms with Crippen molar-refractivity contribution in [2.24, 2.45) is 0 Å². The molecule has 1 N–H and O–H groups in total. The highest BCUT2D eigenvalue weighted by Crippen LogP contribution is 2.23. The van der Waals surface area contributed by atoms with Gasteiger partial charge < -0.3 is 19.6 Å². The van der Waals surface area contributed by atoms with Gasteiger partial charge in [-0.25, -0.2) is 14.8 Å². The molecule has 29 heavy (non-hydrogen) atoms. The Kier molecular flexibility index (Phi) is 6.69. The first-order valence-corrected chi connectivity index (χ1v) is 10.1. The molecule has 2 aromatic rings. The second-order valence-corrected chi connectivity index (χ2v) is 8.28. The summed E-state index contributed by atoms with van der Waals surface area (Å²) in [6.45, 7) is 9.10. The van der Waals surface area contributed by atoms with Gasteiger partial charge >= 0.3 is 6.09 Å². The molecule has 0 radical (unpaired) electrons. The van der Waals surface area contributed by atoms with E-state index in [9.17, 15) is 9.90 Å². The Hall–Kier alpha value is -2.67. The molecule has 0 spiro atoms. The number of hydrogen-bond donors (Lipinski definition) is 1. The van der Waals surface area contributed by atoms with Crippen LogP contribution in [0.3, 0.4) is 0 Å². The lowest BCUT2D eigenvalue weighted by molar-refractivity contribution is 0.0941. The maximum absolute atomic E-state index is 12.4. The highest BCUT2D eigenvalue weighted by molar-refractivity contribution is 5.68. The lowest BCUT2D eigenvalue weighted by Gasteiger charge is -2.35. The molecule has 2 heterocycles. The van der Waals surface area contributed by atoms with Crippen LogP contribution in [0, 0.1) is 0 Å². The molecule has 0 bridgehead atoms. The molecule has 1 aliphatic rings. The number of aliphatic hydroxyl groups is 1. The minimum atomic E-state index is -0.285. The Balaban J connectivity index is 1.61. The summed E-state index contributed by atoms with van der Waals surface area (Å²) in [5, 5.41) is 9.31. The molecular weight excluding hydrogens is 368 g/mol. The third kappa shape index (κ3) is 5.67. The molecule has 0 saturated carbocycles. The van der Waals surface area contributed by atoms with Crippen molar-refractivity contribution in [3.05, 3.63) is 53.5 Å². The van der Waals surface area contributed by atoms with E-state index in [-0.39, 0.29) is 24.7 Å². The summed E-state index contributed by atoms with van der Waals surface area (Å²) in [4.78, 5) is 25.6. The fourth-order valence-corrected chi connectivity index (χ4v) is 3.15. The van der Waals surface area contributed by atoms with Gasteiger partial charge in [-0.05, 0) is 5.56 Å². The number of benzene rings is 1. The number of aromatic nitrogens is 2. The van der Waals surface area contributed by atoms with Crippen LogP contribution in [0.1, 0.15) is 37.9 Å². The van der Waals surface area contributed by atoms with Gasteiger partial charge in [0.2, 0.25) is 0 Å². The van der Waals surface area contributed by atoms with E-state index in [1.165, 1.54) is 0 Å². The van der Waals surface area contributed by atoms with Crippen LogP contribution in [0.5, 0.6) is 0 Å². The molecule has 1 amide bonds. The number of piperazine rings is 1. The van der Waals surface area contributed by atoms with E-state index in [0.29, 0.717) is 32.6 Å². The van der Waals surface area contributed by atoms with Gasteiger partial charge in [0.1, 0.15) is 18.2 Å². The Bertz CT molecular complexity index is 813. The minimum absolute atomic E-state index is 0.0566. The second kappa shape index (κ2) is 9.22. The summed E-state index contributed by atoms with van der Waals surface area (Å²) < 4.78 is 5.44. The van der Waals surface area contributed by atoms with Crippen molar-refractivity contribution in [1.82, 2.24) is 14.9 Å². The van der Waals surface area contributed by atoms with Gasteiger partial charge in [0.05, 0.1) is 0 Å². The van der Waals surface area contributed by atoms with Crippen molar-refractivity contribution >= 4 is 11.9 Å². The molecule has 1 aliphatic heterocycles. The quantitative estimate of drug-likeness (QED) is 0.834. The third-order valence-corrected chi connectivity index (χ3v) is 4.87. The number of aliphatic hydroxyl groups excluding tert-OH is 1. The fourth-order valence-electron chi connectivity index (χ4n) is 3.15. The predicted octanol–water partition coefficient (Wildman–Crippen LogP) is 2.77. The molecule has 1 fully saturated rings. The molecule has 0 aliphatic carbocycles. The number of anilines is 1. The second-order valence-electron chi connectivity index (χ2n) is 8.28. The van der Waals surface area contributed by atoms with Gasteiger partial charge in [-0.15, -0.1) is 0 Å². The summed E-state index contributed by atoms with van der Waals surface area (Å²) in [6.07, 6.45) is 0.220. The lowest BCUT2D eigenvalue weighted by atomic mass is 9.95. The minimum Gasteiger partial charge on any atom is -0.445 e. The van der Waals surface area contributed by atoms with Crippen molar-refractivity contribution in [1.29, 1.82) is 0 Å². The zero-order valence-electron chi connectivity index (χ0n) is 17.5. The summed E-state index contributed by atoms with van der Waals surface area (Å²) in [5.41, 5.74) is 1.64. The first-order chi connectivity index (χ1) is 13.9. The fraction of sp³-hybridized carbons (Fsp3) is 0.500. The molecular formula is C22H30N4O3. The molecule has 156 valence electrons. The van der Waals surface area contributed by atoms with Crippen molar-refractivity contribution in [3.8, 4) is 0 Å². The van der Waals surface area contributed by atoms with Crippen molar-refractivity contribution < 1.29 is 14.6 Å². The number of carbonyl (C=O) groups excluding carboxylic acids is 1. The zero-order chi connectivity index (χ0) is 20.9. The van der Waals surface area contributed by atoms with Crippen LogP contribution in [-0.4, -0.2) is 58.9 Å². The summed E-state index contributed by atoms with van der Waals surface area (Å²) in [5.74, 6) is 1.62. The SMILES string of the molecule is CC(C)(C)c1nc(CCO)cc(N2CCN(C(=O)OCc3ccccc3)CC2)n1. The molecule has 7 heteroatoms.